The Kier molecular flexibility index (Phi) is 7.08. The minimum atomic E-state index is 0.0775. The molecule has 130 valence electrons. The molecular weight excluding hydrogens is 413 g/mol. The molecule has 0 saturated carbocycles. The summed E-state index contributed by atoms with van der Waals surface area (Å²) >= 11 is 15.7. The van der Waals surface area contributed by atoms with Crippen LogP contribution >= 0.6 is 39.1 Å². The van der Waals surface area contributed by atoms with Gasteiger partial charge in [0.15, 0.2) is 11.5 Å². The van der Waals surface area contributed by atoms with Gasteiger partial charge in [-0.05, 0) is 56.7 Å². The third-order valence-corrected chi connectivity index (χ3v) is 4.30. The Hall–Kier alpha value is -1.10. The molecule has 1 N–H and O–H groups in total. The second-order valence-electron chi connectivity index (χ2n) is 5.50. The van der Waals surface area contributed by atoms with Crippen molar-refractivity contribution in [2.75, 3.05) is 11.9 Å². The largest absolute Gasteiger partial charge is 0.490 e. The van der Waals surface area contributed by atoms with Crippen molar-refractivity contribution >= 4 is 44.8 Å². The second kappa shape index (κ2) is 8.84. The van der Waals surface area contributed by atoms with Crippen LogP contribution in [0.3, 0.4) is 0 Å². The van der Waals surface area contributed by atoms with Crippen LogP contribution in [0.15, 0.2) is 34.8 Å². The molecule has 6 heteroatoms. The van der Waals surface area contributed by atoms with Crippen LogP contribution in [0, 0.1) is 0 Å². The van der Waals surface area contributed by atoms with Crippen molar-refractivity contribution in [3.63, 3.8) is 0 Å². The van der Waals surface area contributed by atoms with Gasteiger partial charge in [-0.15, -0.1) is 0 Å². The first kappa shape index (κ1) is 19.2. The maximum absolute atomic E-state index is 6.03. The number of hydrogen-bond donors (Lipinski definition) is 1. The lowest BCUT2D eigenvalue weighted by Crippen LogP contribution is -2.08. The highest BCUT2D eigenvalue weighted by molar-refractivity contribution is 9.10. The van der Waals surface area contributed by atoms with Gasteiger partial charge in [0.25, 0.3) is 0 Å². The SMILES string of the molecule is CCOc1cc(CNc2cc(Cl)cc(Cl)c2)c(Br)cc1OC(C)C. The predicted octanol–water partition coefficient (Wildman–Crippen LogP) is 6.55. The summed E-state index contributed by atoms with van der Waals surface area (Å²) in [5, 5.41) is 4.51. The van der Waals surface area contributed by atoms with Gasteiger partial charge < -0.3 is 14.8 Å². The number of ether oxygens (including phenoxy) is 2. The van der Waals surface area contributed by atoms with Gasteiger partial charge in [-0.3, -0.25) is 0 Å². The minimum Gasteiger partial charge on any atom is -0.490 e. The number of anilines is 1. The average Bonchev–Trinajstić information content (AvgIpc) is 2.47. The summed E-state index contributed by atoms with van der Waals surface area (Å²) in [7, 11) is 0. The Balaban J connectivity index is 2.21. The monoisotopic (exact) mass is 431 g/mol. The molecule has 0 saturated heterocycles. The van der Waals surface area contributed by atoms with Gasteiger partial charge in [-0.2, -0.15) is 0 Å². The van der Waals surface area contributed by atoms with E-state index >= 15 is 0 Å². The fourth-order valence-electron chi connectivity index (χ4n) is 2.18. The molecule has 0 atom stereocenters. The van der Waals surface area contributed by atoms with Crippen molar-refractivity contribution in [1.29, 1.82) is 0 Å². The molecule has 0 aliphatic carbocycles. The molecular formula is C18H20BrCl2NO2. The Morgan fingerprint density at radius 2 is 1.71 bits per heavy atom. The van der Waals surface area contributed by atoms with Crippen LogP contribution in [0.2, 0.25) is 10.0 Å². The number of nitrogens with one attached hydrogen (secondary N) is 1. The van der Waals surface area contributed by atoms with Gasteiger partial charge >= 0.3 is 0 Å². The molecule has 2 rings (SSSR count). The lowest BCUT2D eigenvalue weighted by molar-refractivity contribution is 0.223. The third kappa shape index (κ3) is 5.47. The number of benzene rings is 2. The van der Waals surface area contributed by atoms with Crippen molar-refractivity contribution in [3.8, 4) is 11.5 Å². The molecule has 0 aliphatic heterocycles. The minimum absolute atomic E-state index is 0.0775. The standard InChI is InChI=1S/C18H20BrCl2NO2/c1-4-23-17-5-12(16(19)9-18(17)24-11(2)3)10-22-15-7-13(20)6-14(21)8-15/h5-9,11,22H,4,10H2,1-3H3. The molecule has 0 spiro atoms. The first-order valence-electron chi connectivity index (χ1n) is 7.71. The summed E-state index contributed by atoms with van der Waals surface area (Å²) in [6, 6.07) is 9.29. The molecule has 0 bridgehead atoms. The first-order valence-corrected chi connectivity index (χ1v) is 9.25. The normalized spacial score (nSPS) is 10.8. The maximum Gasteiger partial charge on any atom is 0.162 e. The highest BCUT2D eigenvalue weighted by atomic mass is 79.9. The molecule has 3 nitrogen and oxygen atoms in total. The fourth-order valence-corrected chi connectivity index (χ4v) is 3.17. The van der Waals surface area contributed by atoms with Crippen LogP contribution in [0.4, 0.5) is 5.69 Å². The van der Waals surface area contributed by atoms with E-state index in [2.05, 4.69) is 21.2 Å². The lowest BCUT2D eigenvalue weighted by Gasteiger charge is -2.17. The second-order valence-corrected chi connectivity index (χ2v) is 7.23. The van der Waals surface area contributed by atoms with Crippen molar-refractivity contribution < 1.29 is 9.47 Å². The Morgan fingerprint density at radius 3 is 2.29 bits per heavy atom. The molecule has 0 fully saturated rings. The summed E-state index contributed by atoms with van der Waals surface area (Å²) in [4.78, 5) is 0. The van der Waals surface area contributed by atoms with Crippen LogP contribution in [-0.4, -0.2) is 12.7 Å². The highest BCUT2D eigenvalue weighted by Crippen LogP contribution is 2.35. The molecule has 0 aromatic heterocycles. The van der Waals surface area contributed by atoms with Crippen molar-refractivity contribution in [1.82, 2.24) is 0 Å². The van der Waals surface area contributed by atoms with E-state index in [0.29, 0.717) is 23.2 Å². The Labute approximate surface area is 161 Å². The number of halogens is 3. The van der Waals surface area contributed by atoms with Crippen LogP contribution in [0.1, 0.15) is 26.3 Å². The highest BCUT2D eigenvalue weighted by Gasteiger charge is 2.12. The van der Waals surface area contributed by atoms with Gasteiger partial charge in [0, 0.05) is 26.8 Å². The molecule has 0 heterocycles. The predicted molar refractivity (Wildman–Crippen MR) is 105 cm³/mol. The molecule has 2 aromatic carbocycles. The Morgan fingerprint density at radius 1 is 1.04 bits per heavy atom. The molecule has 0 radical (unpaired) electrons. The van der Waals surface area contributed by atoms with Crippen molar-refractivity contribution in [2.24, 2.45) is 0 Å². The van der Waals surface area contributed by atoms with E-state index in [4.69, 9.17) is 32.7 Å². The van der Waals surface area contributed by atoms with Crippen LogP contribution in [0.5, 0.6) is 11.5 Å². The van der Waals surface area contributed by atoms with Gasteiger partial charge in [-0.1, -0.05) is 39.1 Å². The number of rotatable bonds is 7. The van der Waals surface area contributed by atoms with E-state index in [1.54, 1.807) is 6.07 Å². The zero-order chi connectivity index (χ0) is 17.7. The average molecular weight is 433 g/mol. The summed E-state index contributed by atoms with van der Waals surface area (Å²) in [6.07, 6.45) is 0.0775. The van der Waals surface area contributed by atoms with Gasteiger partial charge in [0.1, 0.15) is 0 Å². The van der Waals surface area contributed by atoms with Crippen molar-refractivity contribution in [2.45, 2.75) is 33.4 Å². The fraction of sp³-hybridized carbons (Fsp3) is 0.333. The van der Waals surface area contributed by atoms with E-state index in [1.165, 1.54) is 0 Å². The smallest absolute Gasteiger partial charge is 0.162 e. The van der Waals surface area contributed by atoms with E-state index in [0.717, 1.165) is 27.2 Å². The van der Waals surface area contributed by atoms with Gasteiger partial charge in [0.2, 0.25) is 0 Å². The summed E-state index contributed by atoms with van der Waals surface area (Å²) in [5.74, 6) is 1.46. The van der Waals surface area contributed by atoms with Crippen LogP contribution in [-0.2, 0) is 6.54 Å². The van der Waals surface area contributed by atoms with Gasteiger partial charge in [-0.25, -0.2) is 0 Å². The van der Waals surface area contributed by atoms with Crippen LogP contribution < -0.4 is 14.8 Å². The van der Waals surface area contributed by atoms with Gasteiger partial charge in [0.05, 0.1) is 12.7 Å². The molecule has 0 aliphatic rings. The van der Waals surface area contributed by atoms with E-state index in [9.17, 15) is 0 Å². The van der Waals surface area contributed by atoms with E-state index in [1.807, 2.05) is 45.0 Å². The number of hydrogen-bond acceptors (Lipinski definition) is 3. The first-order chi connectivity index (χ1) is 11.4. The quantitative estimate of drug-likeness (QED) is 0.537. The van der Waals surface area contributed by atoms with E-state index < -0.39 is 0 Å². The summed E-state index contributed by atoms with van der Waals surface area (Å²) in [6.45, 7) is 7.10. The van der Waals surface area contributed by atoms with E-state index in [-0.39, 0.29) is 6.10 Å². The lowest BCUT2D eigenvalue weighted by atomic mass is 10.2. The van der Waals surface area contributed by atoms with Crippen LogP contribution in [0.25, 0.3) is 0 Å². The Bertz CT molecular complexity index is 687. The topological polar surface area (TPSA) is 30.5 Å². The molecule has 0 amide bonds. The molecule has 2 aromatic rings. The summed E-state index contributed by atoms with van der Waals surface area (Å²) in [5.41, 5.74) is 1.91. The maximum atomic E-state index is 6.03. The zero-order valence-corrected chi connectivity index (χ0v) is 16.9. The molecule has 0 unspecified atom stereocenters. The molecule has 24 heavy (non-hydrogen) atoms. The third-order valence-electron chi connectivity index (χ3n) is 3.12. The zero-order valence-electron chi connectivity index (χ0n) is 13.8. The van der Waals surface area contributed by atoms with Crippen molar-refractivity contribution in [3.05, 3.63) is 50.4 Å². The summed E-state index contributed by atoms with van der Waals surface area (Å²) < 4.78 is 12.5.